The summed E-state index contributed by atoms with van der Waals surface area (Å²) in [7, 11) is 2.09. The SMILES string of the molecule is CSON1CCC(Oc2cc(-c3ccoc3)cc3c2CN(C)C=C3)CC1. The monoisotopic (exact) mass is 372 g/mol. The van der Waals surface area contributed by atoms with E-state index >= 15 is 0 Å². The lowest BCUT2D eigenvalue weighted by Gasteiger charge is -2.32. The van der Waals surface area contributed by atoms with Crippen molar-refractivity contribution in [3.05, 3.63) is 48.1 Å². The Balaban J connectivity index is 1.58. The summed E-state index contributed by atoms with van der Waals surface area (Å²) in [5, 5.41) is 2.01. The predicted molar refractivity (Wildman–Crippen MR) is 104 cm³/mol. The first-order valence-electron chi connectivity index (χ1n) is 8.93. The first kappa shape index (κ1) is 17.5. The van der Waals surface area contributed by atoms with Crippen LogP contribution in [-0.2, 0) is 10.8 Å². The number of ether oxygens (including phenoxy) is 1. The van der Waals surface area contributed by atoms with E-state index in [0.717, 1.165) is 49.4 Å². The van der Waals surface area contributed by atoms with Gasteiger partial charge in [-0.1, -0.05) is 0 Å². The molecule has 1 aromatic carbocycles. The largest absolute Gasteiger partial charge is 0.490 e. The highest BCUT2D eigenvalue weighted by Gasteiger charge is 2.24. The minimum Gasteiger partial charge on any atom is -0.490 e. The molecule has 0 saturated carbocycles. The minimum atomic E-state index is 0.219. The number of nitrogens with zero attached hydrogens (tertiary/aromatic N) is 2. The van der Waals surface area contributed by atoms with Crippen LogP contribution < -0.4 is 4.74 Å². The van der Waals surface area contributed by atoms with Crippen molar-refractivity contribution in [2.75, 3.05) is 26.4 Å². The molecule has 1 saturated heterocycles. The molecule has 138 valence electrons. The summed E-state index contributed by atoms with van der Waals surface area (Å²) in [5.74, 6) is 0.985. The van der Waals surface area contributed by atoms with Gasteiger partial charge < -0.3 is 14.1 Å². The number of benzene rings is 1. The van der Waals surface area contributed by atoms with Gasteiger partial charge in [0.25, 0.3) is 0 Å². The van der Waals surface area contributed by atoms with Crippen molar-refractivity contribution in [2.45, 2.75) is 25.5 Å². The van der Waals surface area contributed by atoms with Crippen LogP contribution in [0.3, 0.4) is 0 Å². The third kappa shape index (κ3) is 3.77. The van der Waals surface area contributed by atoms with Gasteiger partial charge >= 0.3 is 0 Å². The quantitative estimate of drug-likeness (QED) is 0.724. The highest BCUT2D eigenvalue weighted by Crippen LogP contribution is 2.35. The van der Waals surface area contributed by atoms with Crippen LogP contribution in [0.25, 0.3) is 17.2 Å². The van der Waals surface area contributed by atoms with Crippen molar-refractivity contribution in [1.82, 2.24) is 9.96 Å². The zero-order valence-corrected chi connectivity index (χ0v) is 16.0. The normalized spacial score (nSPS) is 18.2. The van der Waals surface area contributed by atoms with Crippen molar-refractivity contribution in [1.29, 1.82) is 0 Å². The molecule has 2 aliphatic rings. The van der Waals surface area contributed by atoms with E-state index in [-0.39, 0.29) is 6.10 Å². The van der Waals surface area contributed by atoms with E-state index in [0.29, 0.717) is 0 Å². The molecule has 0 N–H and O–H groups in total. The first-order valence-corrected chi connectivity index (χ1v) is 10.1. The van der Waals surface area contributed by atoms with Gasteiger partial charge in [-0.3, -0.25) is 0 Å². The summed E-state index contributed by atoms with van der Waals surface area (Å²) in [6, 6.07) is 6.36. The van der Waals surface area contributed by atoms with Crippen LogP contribution in [0.2, 0.25) is 0 Å². The second-order valence-corrected chi connectivity index (χ2v) is 7.25. The molecule has 0 bridgehead atoms. The van der Waals surface area contributed by atoms with E-state index in [2.05, 4.69) is 36.4 Å². The van der Waals surface area contributed by atoms with Crippen LogP contribution in [0.1, 0.15) is 24.0 Å². The maximum Gasteiger partial charge on any atom is 0.125 e. The van der Waals surface area contributed by atoms with Gasteiger partial charge in [-0.05, 0) is 54.4 Å². The molecular weight excluding hydrogens is 348 g/mol. The molecule has 3 heterocycles. The molecule has 6 heteroatoms. The molecule has 0 atom stereocenters. The van der Waals surface area contributed by atoms with Crippen LogP contribution in [-0.4, -0.2) is 42.5 Å². The Morgan fingerprint density at radius 1 is 1.19 bits per heavy atom. The summed E-state index contributed by atoms with van der Waals surface area (Å²) in [5.41, 5.74) is 4.68. The molecule has 0 radical (unpaired) electrons. The van der Waals surface area contributed by atoms with E-state index in [1.807, 2.05) is 17.4 Å². The summed E-state index contributed by atoms with van der Waals surface area (Å²) >= 11 is 1.40. The van der Waals surface area contributed by atoms with Gasteiger partial charge in [0.15, 0.2) is 0 Å². The molecule has 0 unspecified atom stereocenters. The number of hydroxylamine groups is 2. The molecule has 2 aliphatic heterocycles. The van der Waals surface area contributed by atoms with Crippen LogP contribution in [0.5, 0.6) is 5.75 Å². The van der Waals surface area contributed by atoms with E-state index in [4.69, 9.17) is 13.4 Å². The average molecular weight is 372 g/mol. The van der Waals surface area contributed by atoms with Gasteiger partial charge in [0, 0.05) is 56.1 Å². The van der Waals surface area contributed by atoms with Gasteiger partial charge in [0.2, 0.25) is 0 Å². The second-order valence-electron chi connectivity index (χ2n) is 6.77. The molecule has 26 heavy (non-hydrogen) atoms. The summed E-state index contributed by atoms with van der Waals surface area (Å²) < 4.78 is 17.3. The number of furan rings is 1. The standard InChI is InChI=1S/C20H24N2O3S/c1-21-7-3-15-11-17(16-6-10-23-14-16)12-20(19(15)13-21)24-18-4-8-22(9-5-18)25-26-2/h3,6-7,10-12,14,18H,4-5,8-9,13H2,1-2H3. The number of piperidine rings is 1. The maximum atomic E-state index is 6.49. The minimum absolute atomic E-state index is 0.219. The lowest BCUT2D eigenvalue weighted by molar-refractivity contribution is -0.0735. The fourth-order valence-corrected chi connectivity index (χ4v) is 3.86. The Morgan fingerprint density at radius 3 is 2.77 bits per heavy atom. The van der Waals surface area contributed by atoms with Crippen LogP contribution in [0, 0.1) is 0 Å². The Labute approximate surface area is 158 Å². The van der Waals surface area contributed by atoms with E-state index in [1.165, 1.54) is 23.2 Å². The van der Waals surface area contributed by atoms with Gasteiger partial charge in [-0.25, -0.2) is 4.28 Å². The predicted octanol–water partition coefficient (Wildman–Crippen LogP) is 4.42. The zero-order chi connectivity index (χ0) is 17.9. The smallest absolute Gasteiger partial charge is 0.125 e. The number of fused-ring (bicyclic) bond motifs is 1. The Morgan fingerprint density at radius 2 is 2.04 bits per heavy atom. The molecule has 2 aromatic rings. The fraction of sp³-hybridized carbons (Fsp3) is 0.400. The van der Waals surface area contributed by atoms with E-state index in [9.17, 15) is 0 Å². The summed E-state index contributed by atoms with van der Waals surface area (Å²) in [4.78, 5) is 2.18. The van der Waals surface area contributed by atoms with Gasteiger partial charge in [0.05, 0.1) is 12.5 Å². The van der Waals surface area contributed by atoms with E-state index < -0.39 is 0 Å². The molecule has 0 aliphatic carbocycles. The zero-order valence-electron chi connectivity index (χ0n) is 15.2. The number of hydrogen-bond donors (Lipinski definition) is 0. The molecule has 1 aromatic heterocycles. The molecule has 0 spiro atoms. The van der Waals surface area contributed by atoms with Crippen LogP contribution in [0.4, 0.5) is 0 Å². The Kier molecular flexibility index (Phi) is 5.24. The Bertz CT molecular complexity index is 768. The Hall–Kier alpha value is -1.89. The van der Waals surface area contributed by atoms with Gasteiger partial charge in [0.1, 0.15) is 11.9 Å². The summed E-state index contributed by atoms with van der Waals surface area (Å²) in [6.07, 6.45) is 11.9. The molecule has 0 amide bonds. The molecule has 1 fully saturated rings. The van der Waals surface area contributed by atoms with Crippen molar-refractivity contribution in [2.24, 2.45) is 0 Å². The maximum absolute atomic E-state index is 6.49. The highest BCUT2D eigenvalue weighted by atomic mass is 32.2. The first-order chi connectivity index (χ1) is 12.7. The average Bonchev–Trinajstić information content (AvgIpc) is 3.18. The molecule has 5 nitrogen and oxygen atoms in total. The number of hydrogen-bond acceptors (Lipinski definition) is 6. The molecule has 4 rings (SSSR count). The summed E-state index contributed by atoms with van der Waals surface area (Å²) in [6.45, 7) is 2.66. The molecular formula is C20H24N2O3S. The van der Waals surface area contributed by atoms with Gasteiger partial charge in [-0.2, -0.15) is 5.06 Å². The number of rotatable bonds is 5. The second kappa shape index (κ2) is 7.78. The topological polar surface area (TPSA) is 38.1 Å². The third-order valence-electron chi connectivity index (χ3n) is 4.89. The highest BCUT2D eigenvalue weighted by molar-refractivity contribution is 7.93. The lowest BCUT2D eigenvalue weighted by atomic mass is 9.97. The van der Waals surface area contributed by atoms with Crippen LogP contribution in [0.15, 0.2) is 41.3 Å². The van der Waals surface area contributed by atoms with Gasteiger partial charge in [-0.15, -0.1) is 0 Å². The van der Waals surface area contributed by atoms with E-state index in [1.54, 1.807) is 12.5 Å². The van der Waals surface area contributed by atoms with Crippen molar-refractivity contribution >= 4 is 18.1 Å². The lowest BCUT2D eigenvalue weighted by Crippen LogP contribution is -2.37. The third-order valence-corrected chi connectivity index (χ3v) is 5.25. The van der Waals surface area contributed by atoms with Crippen molar-refractivity contribution < 1.29 is 13.4 Å². The fourth-order valence-electron chi connectivity index (χ4n) is 3.50. The van der Waals surface area contributed by atoms with Crippen molar-refractivity contribution in [3.63, 3.8) is 0 Å². The van der Waals surface area contributed by atoms with Crippen LogP contribution >= 0.6 is 12.0 Å². The van der Waals surface area contributed by atoms with Crippen molar-refractivity contribution in [3.8, 4) is 16.9 Å².